The molecule has 0 bridgehead atoms. The van der Waals surface area contributed by atoms with Gasteiger partial charge in [-0.3, -0.25) is 15.4 Å². The van der Waals surface area contributed by atoms with Crippen LogP contribution in [0.5, 0.6) is 11.5 Å². The van der Waals surface area contributed by atoms with Gasteiger partial charge in [-0.1, -0.05) is 30.3 Å². The van der Waals surface area contributed by atoms with E-state index in [2.05, 4.69) is 25.9 Å². The Morgan fingerprint density at radius 1 is 1.12 bits per heavy atom. The van der Waals surface area contributed by atoms with Crippen LogP contribution in [0.1, 0.15) is 11.1 Å². The maximum Gasteiger partial charge on any atom is 0.165 e. The van der Waals surface area contributed by atoms with Crippen LogP contribution in [0, 0.1) is 5.82 Å². The molecule has 124 valence electrons. The van der Waals surface area contributed by atoms with E-state index in [4.69, 9.17) is 9.47 Å². The van der Waals surface area contributed by atoms with Gasteiger partial charge in [0, 0.05) is 17.7 Å². The number of ether oxygens (including phenoxy) is 2. The summed E-state index contributed by atoms with van der Waals surface area (Å²) in [5, 5.41) is 17.5. The molecule has 0 spiro atoms. The minimum atomic E-state index is -0.314. The molecule has 0 saturated carbocycles. The van der Waals surface area contributed by atoms with Crippen LogP contribution in [0.2, 0.25) is 0 Å². The summed E-state index contributed by atoms with van der Waals surface area (Å²) in [6, 6.07) is 11.9. The summed E-state index contributed by atoms with van der Waals surface area (Å²) >= 11 is 0. The molecule has 0 unspecified atom stereocenters. The Kier molecular flexibility index (Phi) is 4.85. The fourth-order valence-electron chi connectivity index (χ4n) is 2.16. The normalized spacial score (nSPS) is 10.4. The average Bonchev–Trinajstić information content (AvgIpc) is 3.13. The highest BCUT2D eigenvalue weighted by Crippen LogP contribution is 2.34. The first kappa shape index (κ1) is 15.7. The van der Waals surface area contributed by atoms with E-state index in [0.717, 1.165) is 5.56 Å². The topological polar surface area (TPSA) is 87.0 Å². The summed E-state index contributed by atoms with van der Waals surface area (Å²) in [4.78, 5) is 0. The van der Waals surface area contributed by atoms with Crippen LogP contribution in [-0.4, -0.2) is 27.7 Å². The van der Waals surface area contributed by atoms with Crippen molar-refractivity contribution in [3.63, 3.8) is 0 Å². The Balaban J connectivity index is 1.78. The SMILES string of the molecule is COc1cccc(C[N-]c2nn[nH]n2)c1OCc1ccccc1F. The number of methoxy groups -OCH3 is 1. The molecule has 24 heavy (non-hydrogen) atoms. The molecule has 1 aromatic heterocycles. The number of nitrogens with zero attached hydrogens (tertiary/aromatic N) is 4. The Bertz CT molecular complexity index is 795. The van der Waals surface area contributed by atoms with Crippen molar-refractivity contribution in [3.05, 3.63) is 64.7 Å². The van der Waals surface area contributed by atoms with Gasteiger partial charge in [0.05, 0.1) is 13.1 Å². The van der Waals surface area contributed by atoms with Crippen molar-refractivity contribution in [3.8, 4) is 11.5 Å². The van der Waals surface area contributed by atoms with Gasteiger partial charge >= 0.3 is 0 Å². The number of aromatic nitrogens is 4. The Morgan fingerprint density at radius 2 is 1.96 bits per heavy atom. The molecule has 1 N–H and O–H groups in total. The maximum absolute atomic E-state index is 13.8. The molecule has 0 aliphatic carbocycles. The first-order valence-corrected chi connectivity index (χ1v) is 7.21. The van der Waals surface area contributed by atoms with E-state index in [1.807, 2.05) is 12.1 Å². The van der Waals surface area contributed by atoms with Crippen molar-refractivity contribution in [2.45, 2.75) is 13.2 Å². The zero-order valence-electron chi connectivity index (χ0n) is 12.9. The molecule has 1 heterocycles. The van der Waals surface area contributed by atoms with Crippen molar-refractivity contribution in [1.29, 1.82) is 0 Å². The molecular weight excluding hydrogens is 313 g/mol. The lowest BCUT2D eigenvalue weighted by molar-refractivity contribution is 0.277. The third-order valence-corrected chi connectivity index (χ3v) is 3.34. The summed E-state index contributed by atoms with van der Waals surface area (Å²) in [7, 11) is 1.55. The number of rotatable bonds is 7. The fourth-order valence-corrected chi connectivity index (χ4v) is 2.16. The third-order valence-electron chi connectivity index (χ3n) is 3.34. The fraction of sp³-hybridized carbons (Fsp3) is 0.188. The van der Waals surface area contributed by atoms with Crippen molar-refractivity contribution in [1.82, 2.24) is 20.6 Å². The number of hydrogen-bond donors (Lipinski definition) is 1. The molecule has 0 saturated heterocycles. The van der Waals surface area contributed by atoms with Crippen LogP contribution in [0.15, 0.2) is 42.5 Å². The summed E-state index contributed by atoms with van der Waals surface area (Å²) in [5.74, 6) is 0.992. The lowest BCUT2D eigenvalue weighted by Gasteiger charge is -2.16. The monoisotopic (exact) mass is 328 g/mol. The summed E-state index contributed by atoms with van der Waals surface area (Å²) in [5.41, 5.74) is 1.24. The molecule has 0 aliphatic heterocycles. The molecule has 3 rings (SSSR count). The first-order valence-electron chi connectivity index (χ1n) is 7.21. The van der Waals surface area contributed by atoms with E-state index in [9.17, 15) is 4.39 Å². The van der Waals surface area contributed by atoms with E-state index >= 15 is 0 Å². The minimum Gasteiger partial charge on any atom is -0.493 e. The number of para-hydroxylation sites is 1. The quantitative estimate of drug-likeness (QED) is 0.720. The van der Waals surface area contributed by atoms with Crippen LogP contribution in [0.25, 0.3) is 5.32 Å². The average molecular weight is 328 g/mol. The van der Waals surface area contributed by atoms with Crippen LogP contribution in [0.3, 0.4) is 0 Å². The largest absolute Gasteiger partial charge is 0.493 e. The second-order valence-corrected chi connectivity index (χ2v) is 4.86. The molecule has 0 amide bonds. The van der Waals surface area contributed by atoms with E-state index in [0.29, 0.717) is 17.1 Å². The molecule has 7 nitrogen and oxygen atoms in total. The van der Waals surface area contributed by atoms with E-state index in [1.165, 1.54) is 6.07 Å². The second-order valence-electron chi connectivity index (χ2n) is 4.86. The zero-order chi connectivity index (χ0) is 16.8. The number of aromatic amines is 1. The first-order chi connectivity index (χ1) is 11.8. The lowest BCUT2D eigenvalue weighted by atomic mass is 10.1. The van der Waals surface area contributed by atoms with Gasteiger partial charge in [0.15, 0.2) is 11.5 Å². The zero-order valence-corrected chi connectivity index (χ0v) is 12.9. The smallest absolute Gasteiger partial charge is 0.165 e. The van der Waals surface area contributed by atoms with Gasteiger partial charge in [-0.15, -0.1) is 5.21 Å². The lowest BCUT2D eigenvalue weighted by Crippen LogP contribution is -2.02. The summed E-state index contributed by atoms with van der Waals surface area (Å²) in [6.07, 6.45) is 0. The highest BCUT2D eigenvalue weighted by Gasteiger charge is 2.11. The van der Waals surface area contributed by atoms with Gasteiger partial charge in [-0.25, -0.2) is 4.39 Å². The number of halogens is 1. The Hall–Kier alpha value is -3.16. The molecular formula is C16H15FN5O2-. The Morgan fingerprint density at radius 3 is 2.71 bits per heavy atom. The minimum absolute atomic E-state index is 0.0856. The predicted octanol–water partition coefficient (Wildman–Crippen LogP) is 3.13. The molecule has 3 aromatic rings. The number of tetrazole rings is 1. The van der Waals surface area contributed by atoms with Crippen LogP contribution >= 0.6 is 0 Å². The maximum atomic E-state index is 13.8. The van der Waals surface area contributed by atoms with Crippen molar-refractivity contribution < 1.29 is 13.9 Å². The van der Waals surface area contributed by atoms with Gasteiger partial charge in [-0.05, 0) is 12.1 Å². The number of H-pyrrole nitrogens is 1. The molecule has 0 aliphatic rings. The summed E-state index contributed by atoms with van der Waals surface area (Å²) < 4.78 is 24.9. The number of hydrogen-bond acceptors (Lipinski definition) is 5. The van der Waals surface area contributed by atoms with Gasteiger partial charge in [0.2, 0.25) is 0 Å². The molecule has 8 heteroatoms. The van der Waals surface area contributed by atoms with Crippen molar-refractivity contribution in [2.75, 3.05) is 7.11 Å². The second kappa shape index (κ2) is 7.40. The van der Waals surface area contributed by atoms with Crippen LogP contribution in [-0.2, 0) is 13.2 Å². The number of benzene rings is 2. The van der Waals surface area contributed by atoms with E-state index < -0.39 is 0 Å². The van der Waals surface area contributed by atoms with Crippen molar-refractivity contribution in [2.24, 2.45) is 0 Å². The van der Waals surface area contributed by atoms with Crippen LogP contribution < -0.4 is 9.47 Å². The van der Waals surface area contributed by atoms with Gasteiger partial charge in [0.25, 0.3) is 0 Å². The van der Waals surface area contributed by atoms with E-state index in [1.54, 1.807) is 31.4 Å². The third kappa shape index (κ3) is 3.60. The van der Waals surface area contributed by atoms with Gasteiger partial charge in [-0.2, -0.15) is 0 Å². The van der Waals surface area contributed by atoms with Gasteiger partial charge < -0.3 is 14.8 Å². The van der Waals surface area contributed by atoms with E-state index in [-0.39, 0.29) is 24.9 Å². The Labute approximate surface area is 137 Å². The standard InChI is InChI=1S/C16H15FN5O2/c1-23-14-8-4-6-11(9-18-16-19-21-22-20-16)15(14)24-10-12-5-2-3-7-13(12)17/h2-8H,9-10H2,1H3,(H-,18,19,20,21,22)/q-1. The highest BCUT2D eigenvalue weighted by molar-refractivity contribution is 5.49. The molecule has 2 aromatic carbocycles. The highest BCUT2D eigenvalue weighted by atomic mass is 19.1. The van der Waals surface area contributed by atoms with Crippen LogP contribution in [0.4, 0.5) is 10.3 Å². The number of nitrogens with one attached hydrogen (secondary N) is 1. The predicted molar refractivity (Wildman–Crippen MR) is 84.6 cm³/mol. The summed E-state index contributed by atoms with van der Waals surface area (Å²) in [6.45, 7) is 0.367. The van der Waals surface area contributed by atoms with Gasteiger partial charge in [0.1, 0.15) is 12.4 Å². The molecule has 0 radical (unpaired) electrons. The van der Waals surface area contributed by atoms with Crippen molar-refractivity contribution >= 4 is 5.95 Å². The molecule has 0 atom stereocenters. The molecule has 0 fully saturated rings.